The van der Waals surface area contributed by atoms with Gasteiger partial charge in [-0.15, -0.1) is 11.3 Å². The lowest BCUT2D eigenvalue weighted by molar-refractivity contribution is -0.142. The molecule has 2 heterocycles. The number of aromatic nitrogens is 2. The van der Waals surface area contributed by atoms with Crippen LogP contribution in [0, 0.1) is 0 Å². The first-order chi connectivity index (χ1) is 13.6. The van der Waals surface area contributed by atoms with E-state index >= 15 is 0 Å². The number of thiophene rings is 1. The fraction of sp³-hybridized carbons (Fsp3) is 0.667. The summed E-state index contributed by atoms with van der Waals surface area (Å²) >= 11 is 1.80. The van der Waals surface area contributed by atoms with Crippen LogP contribution in [-0.2, 0) is 27.1 Å². The Kier molecular flexibility index (Phi) is 5.83. The summed E-state index contributed by atoms with van der Waals surface area (Å²) < 4.78 is 10.7. The molecule has 0 aliphatic heterocycles. The van der Waals surface area contributed by atoms with Gasteiger partial charge in [0.1, 0.15) is 22.5 Å². The van der Waals surface area contributed by atoms with Gasteiger partial charge in [-0.2, -0.15) is 0 Å². The summed E-state index contributed by atoms with van der Waals surface area (Å²) in [5.41, 5.74) is 1.37. The Morgan fingerprint density at radius 2 is 2.04 bits per heavy atom. The third kappa shape index (κ3) is 4.15. The molecule has 0 radical (unpaired) electrons. The first-order valence-electron chi connectivity index (χ1n) is 10.3. The Balaban J connectivity index is 1.68. The molecule has 0 amide bonds. The molecule has 152 valence electrons. The van der Waals surface area contributed by atoms with Crippen molar-refractivity contribution >= 4 is 33.3 Å². The topological polar surface area (TPSA) is 73.3 Å². The summed E-state index contributed by atoms with van der Waals surface area (Å²) in [6.45, 7) is 4.48. The second-order valence-electron chi connectivity index (χ2n) is 8.02. The first kappa shape index (κ1) is 19.6. The van der Waals surface area contributed by atoms with Crippen LogP contribution in [0.3, 0.4) is 0 Å². The number of methoxy groups -OCH3 is 1. The van der Waals surface area contributed by atoms with Crippen LogP contribution in [0.1, 0.15) is 68.1 Å². The summed E-state index contributed by atoms with van der Waals surface area (Å²) in [4.78, 5) is 24.7. The van der Waals surface area contributed by atoms with Gasteiger partial charge in [0.15, 0.2) is 0 Å². The maximum Gasteiger partial charge on any atom is 0.328 e. The maximum atomic E-state index is 12.4. The van der Waals surface area contributed by atoms with Gasteiger partial charge >= 0.3 is 5.97 Å². The minimum absolute atomic E-state index is 0.134. The van der Waals surface area contributed by atoms with Gasteiger partial charge in [-0.3, -0.25) is 0 Å². The van der Waals surface area contributed by atoms with Crippen LogP contribution >= 0.6 is 11.3 Å². The fourth-order valence-corrected chi connectivity index (χ4v) is 5.05. The number of hydrogen-bond acceptors (Lipinski definition) is 7. The average molecular weight is 404 g/mol. The fourth-order valence-electron chi connectivity index (χ4n) is 3.78. The van der Waals surface area contributed by atoms with E-state index in [2.05, 4.69) is 5.32 Å². The predicted octanol–water partition coefficient (Wildman–Crippen LogP) is 4.22. The van der Waals surface area contributed by atoms with Crippen molar-refractivity contribution in [1.82, 2.24) is 9.97 Å². The quantitative estimate of drug-likeness (QED) is 0.666. The summed E-state index contributed by atoms with van der Waals surface area (Å²) in [5.74, 6) is 1.89. The smallest absolute Gasteiger partial charge is 0.328 e. The second kappa shape index (κ2) is 8.33. The van der Waals surface area contributed by atoms with Crippen molar-refractivity contribution in [2.45, 2.75) is 76.9 Å². The van der Waals surface area contributed by atoms with Gasteiger partial charge in [0.25, 0.3) is 0 Å². The Hall–Kier alpha value is -1.73. The number of fused-ring (bicyclic) bond motifs is 3. The summed E-state index contributed by atoms with van der Waals surface area (Å²) in [5, 5.41) is 4.52. The van der Waals surface area contributed by atoms with E-state index in [9.17, 15) is 4.79 Å². The highest BCUT2D eigenvalue weighted by molar-refractivity contribution is 7.19. The molecule has 4 rings (SSSR count). The minimum atomic E-state index is -0.479. The Bertz CT molecular complexity index is 860. The SMILES string of the molecule is COC(=O)[C@@H](CCOC(C)C)Nc1nc(C2CC2)nc2sc3c(c12)CCCC3. The summed E-state index contributed by atoms with van der Waals surface area (Å²) in [6.07, 6.45) is 7.61. The molecule has 2 aliphatic rings. The van der Waals surface area contributed by atoms with Crippen molar-refractivity contribution in [2.24, 2.45) is 0 Å². The van der Waals surface area contributed by atoms with Crippen LogP contribution in [0.15, 0.2) is 0 Å². The van der Waals surface area contributed by atoms with Crippen molar-refractivity contribution < 1.29 is 14.3 Å². The highest BCUT2D eigenvalue weighted by Gasteiger charge is 2.30. The Morgan fingerprint density at radius 1 is 1.25 bits per heavy atom. The van der Waals surface area contributed by atoms with Crippen molar-refractivity contribution in [1.29, 1.82) is 0 Å². The molecule has 7 heteroatoms. The number of hydrogen-bond donors (Lipinski definition) is 1. The third-order valence-corrected chi connectivity index (χ3v) is 6.61. The van der Waals surface area contributed by atoms with Gasteiger partial charge < -0.3 is 14.8 Å². The number of nitrogens with zero attached hydrogens (tertiary/aromatic N) is 2. The zero-order valence-electron chi connectivity index (χ0n) is 16.9. The molecular weight excluding hydrogens is 374 g/mol. The third-order valence-electron chi connectivity index (χ3n) is 5.43. The lowest BCUT2D eigenvalue weighted by atomic mass is 9.97. The van der Waals surface area contributed by atoms with E-state index < -0.39 is 6.04 Å². The molecule has 0 spiro atoms. The Morgan fingerprint density at radius 3 is 2.75 bits per heavy atom. The first-order valence-corrected chi connectivity index (χ1v) is 11.2. The van der Waals surface area contributed by atoms with Crippen molar-refractivity contribution in [3.05, 3.63) is 16.3 Å². The molecule has 1 saturated carbocycles. The van der Waals surface area contributed by atoms with Crippen molar-refractivity contribution in [2.75, 3.05) is 19.0 Å². The molecule has 6 nitrogen and oxygen atoms in total. The average Bonchev–Trinajstić information content (AvgIpc) is 3.46. The van der Waals surface area contributed by atoms with E-state index in [0.717, 1.165) is 47.5 Å². The van der Waals surface area contributed by atoms with Crippen LogP contribution in [0.5, 0.6) is 0 Å². The van der Waals surface area contributed by atoms with Crippen LogP contribution in [0.2, 0.25) is 0 Å². The number of carbonyl (C=O) groups excluding carboxylic acids is 1. The van der Waals surface area contributed by atoms with E-state index in [1.54, 1.807) is 11.3 Å². The van der Waals surface area contributed by atoms with Crippen LogP contribution in [0.4, 0.5) is 5.82 Å². The molecular formula is C21H29N3O3S. The summed E-state index contributed by atoms with van der Waals surface area (Å²) in [6, 6.07) is -0.479. The molecule has 1 N–H and O–H groups in total. The number of esters is 1. The standard InChI is InChI=1S/C21H29N3O3S/c1-12(2)27-11-10-15(21(25)26-3)22-19-17-14-6-4-5-7-16(14)28-20(17)24-18(23-19)13-8-9-13/h12-13,15H,4-11H2,1-3H3,(H,22,23,24)/t15-/m1/s1. The lowest BCUT2D eigenvalue weighted by Crippen LogP contribution is -2.33. The van der Waals surface area contributed by atoms with Gasteiger partial charge in [0, 0.05) is 23.8 Å². The molecule has 28 heavy (non-hydrogen) atoms. The molecule has 0 bridgehead atoms. The molecule has 2 aromatic heterocycles. The van der Waals surface area contributed by atoms with Gasteiger partial charge in [-0.1, -0.05) is 0 Å². The van der Waals surface area contributed by atoms with E-state index in [1.807, 2.05) is 13.8 Å². The highest BCUT2D eigenvalue weighted by Crippen LogP contribution is 2.43. The number of anilines is 1. The number of nitrogens with one attached hydrogen (secondary N) is 1. The zero-order valence-corrected chi connectivity index (χ0v) is 17.7. The van der Waals surface area contributed by atoms with Crippen LogP contribution in [-0.4, -0.2) is 41.8 Å². The molecule has 1 fully saturated rings. The second-order valence-corrected chi connectivity index (χ2v) is 9.11. The zero-order chi connectivity index (χ0) is 19.7. The van der Waals surface area contributed by atoms with E-state index in [-0.39, 0.29) is 12.1 Å². The molecule has 1 atom stereocenters. The lowest BCUT2D eigenvalue weighted by Gasteiger charge is -2.19. The van der Waals surface area contributed by atoms with Gasteiger partial charge in [0.05, 0.1) is 18.6 Å². The van der Waals surface area contributed by atoms with Gasteiger partial charge in [0.2, 0.25) is 0 Å². The largest absolute Gasteiger partial charge is 0.467 e. The minimum Gasteiger partial charge on any atom is -0.467 e. The molecule has 2 aliphatic carbocycles. The normalized spacial score (nSPS) is 17.6. The number of carbonyl (C=O) groups is 1. The van der Waals surface area contributed by atoms with Crippen molar-refractivity contribution in [3.8, 4) is 0 Å². The predicted molar refractivity (Wildman–Crippen MR) is 111 cm³/mol. The molecule has 0 unspecified atom stereocenters. The van der Waals surface area contributed by atoms with E-state index in [4.69, 9.17) is 19.4 Å². The van der Waals surface area contributed by atoms with Crippen molar-refractivity contribution in [3.63, 3.8) is 0 Å². The summed E-state index contributed by atoms with van der Waals surface area (Å²) in [7, 11) is 1.43. The molecule has 2 aromatic rings. The highest BCUT2D eigenvalue weighted by atomic mass is 32.1. The van der Waals surface area contributed by atoms with Gasteiger partial charge in [-0.05, 0) is 57.9 Å². The number of ether oxygens (including phenoxy) is 2. The van der Waals surface area contributed by atoms with Crippen LogP contribution in [0.25, 0.3) is 10.2 Å². The maximum absolute atomic E-state index is 12.4. The van der Waals surface area contributed by atoms with E-state index in [0.29, 0.717) is 18.9 Å². The van der Waals surface area contributed by atoms with Crippen LogP contribution < -0.4 is 5.32 Å². The Labute approximate surface area is 170 Å². The molecule has 0 saturated heterocycles. The number of rotatable bonds is 8. The molecule has 0 aromatic carbocycles. The van der Waals surface area contributed by atoms with E-state index in [1.165, 1.54) is 30.4 Å². The van der Waals surface area contributed by atoms with Gasteiger partial charge in [-0.25, -0.2) is 14.8 Å². The number of aryl methyl sites for hydroxylation is 2. The monoisotopic (exact) mass is 403 g/mol.